The van der Waals surface area contributed by atoms with Gasteiger partial charge in [-0.3, -0.25) is 4.79 Å². The highest BCUT2D eigenvalue weighted by Gasteiger charge is 2.21. The van der Waals surface area contributed by atoms with Gasteiger partial charge >= 0.3 is 5.97 Å². The SMILES string of the molecule is COC(=O)C(CNc1cc(Cl)ccc1Cl)c1ccccc1. The van der Waals surface area contributed by atoms with Crippen LogP contribution in [-0.2, 0) is 9.53 Å². The Bertz CT molecular complexity index is 617. The van der Waals surface area contributed by atoms with E-state index in [9.17, 15) is 4.79 Å². The molecule has 1 atom stereocenters. The van der Waals surface area contributed by atoms with Crippen molar-refractivity contribution in [3.63, 3.8) is 0 Å². The fraction of sp³-hybridized carbons (Fsp3) is 0.188. The maximum Gasteiger partial charge on any atom is 0.314 e. The summed E-state index contributed by atoms with van der Waals surface area (Å²) in [6.45, 7) is 0.372. The molecule has 0 aliphatic heterocycles. The van der Waals surface area contributed by atoms with Gasteiger partial charge in [0.1, 0.15) is 0 Å². The second-order valence-electron chi connectivity index (χ2n) is 4.49. The number of hydrogen-bond donors (Lipinski definition) is 1. The lowest BCUT2D eigenvalue weighted by Crippen LogP contribution is -2.22. The molecule has 0 amide bonds. The van der Waals surface area contributed by atoms with Gasteiger partial charge in [-0.25, -0.2) is 0 Å². The molecule has 3 nitrogen and oxygen atoms in total. The first-order valence-electron chi connectivity index (χ1n) is 6.43. The van der Waals surface area contributed by atoms with Gasteiger partial charge in [-0.2, -0.15) is 0 Å². The number of anilines is 1. The van der Waals surface area contributed by atoms with Crippen molar-refractivity contribution in [3.05, 3.63) is 64.1 Å². The first kappa shape index (κ1) is 15.7. The number of carbonyl (C=O) groups excluding carboxylic acids is 1. The lowest BCUT2D eigenvalue weighted by molar-refractivity contribution is -0.142. The van der Waals surface area contributed by atoms with Crippen LogP contribution in [0.15, 0.2) is 48.5 Å². The minimum Gasteiger partial charge on any atom is -0.468 e. The second-order valence-corrected chi connectivity index (χ2v) is 5.34. The van der Waals surface area contributed by atoms with Crippen LogP contribution in [0.4, 0.5) is 5.69 Å². The van der Waals surface area contributed by atoms with Crippen molar-refractivity contribution in [2.24, 2.45) is 0 Å². The first-order chi connectivity index (χ1) is 10.1. The van der Waals surface area contributed by atoms with Crippen LogP contribution in [0.25, 0.3) is 0 Å². The van der Waals surface area contributed by atoms with Gasteiger partial charge in [0.2, 0.25) is 0 Å². The smallest absolute Gasteiger partial charge is 0.314 e. The van der Waals surface area contributed by atoms with Crippen molar-refractivity contribution in [2.45, 2.75) is 5.92 Å². The largest absolute Gasteiger partial charge is 0.468 e. The van der Waals surface area contributed by atoms with E-state index in [2.05, 4.69) is 5.32 Å². The number of ether oxygens (including phenoxy) is 1. The van der Waals surface area contributed by atoms with Gasteiger partial charge in [-0.05, 0) is 23.8 Å². The molecule has 0 aliphatic rings. The number of halogens is 2. The average Bonchev–Trinajstić information content (AvgIpc) is 2.51. The molecule has 2 aromatic rings. The van der Waals surface area contributed by atoms with E-state index in [1.54, 1.807) is 18.2 Å². The van der Waals surface area contributed by atoms with Crippen LogP contribution >= 0.6 is 23.2 Å². The van der Waals surface area contributed by atoms with Crippen LogP contribution < -0.4 is 5.32 Å². The molecule has 0 saturated heterocycles. The average molecular weight is 324 g/mol. The van der Waals surface area contributed by atoms with E-state index in [1.165, 1.54) is 7.11 Å². The monoisotopic (exact) mass is 323 g/mol. The van der Waals surface area contributed by atoms with Crippen molar-refractivity contribution in [1.82, 2.24) is 0 Å². The number of benzene rings is 2. The Kier molecular flexibility index (Phi) is 5.48. The van der Waals surface area contributed by atoms with Crippen molar-refractivity contribution >= 4 is 34.9 Å². The molecule has 0 aromatic heterocycles. The zero-order chi connectivity index (χ0) is 15.2. The molecule has 1 N–H and O–H groups in total. The molecule has 0 radical (unpaired) electrons. The van der Waals surface area contributed by atoms with E-state index >= 15 is 0 Å². The molecule has 0 fully saturated rings. The third kappa shape index (κ3) is 4.13. The number of carbonyl (C=O) groups is 1. The van der Waals surface area contributed by atoms with Gasteiger partial charge in [0.25, 0.3) is 0 Å². The summed E-state index contributed by atoms with van der Waals surface area (Å²) in [4.78, 5) is 12.0. The lowest BCUT2D eigenvalue weighted by Gasteiger charge is -2.17. The molecule has 1 unspecified atom stereocenters. The Morgan fingerprint density at radius 2 is 1.90 bits per heavy atom. The Morgan fingerprint density at radius 3 is 2.57 bits per heavy atom. The summed E-state index contributed by atoms with van der Waals surface area (Å²) in [7, 11) is 1.38. The fourth-order valence-corrected chi connectivity index (χ4v) is 2.37. The van der Waals surface area contributed by atoms with E-state index in [0.29, 0.717) is 22.3 Å². The van der Waals surface area contributed by atoms with Crippen molar-refractivity contribution in [3.8, 4) is 0 Å². The van der Waals surface area contributed by atoms with Crippen molar-refractivity contribution in [2.75, 3.05) is 19.0 Å². The highest BCUT2D eigenvalue weighted by atomic mass is 35.5. The van der Waals surface area contributed by atoms with Crippen LogP contribution in [0.1, 0.15) is 11.5 Å². The van der Waals surface area contributed by atoms with Gasteiger partial charge in [-0.1, -0.05) is 53.5 Å². The Labute approximate surface area is 133 Å². The van der Waals surface area contributed by atoms with E-state index in [0.717, 1.165) is 5.56 Å². The van der Waals surface area contributed by atoms with E-state index < -0.39 is 5.92 Å². The van der Waals surface area contributed by atoms with Crippen molar-refractivity contribution in [1.29, 1.82) is 0 Å². The predicted octanol–water partition coefficient (Wildman–Crippen LogP) is 4.36. The minimum absolute atomic E-state index is 0.299. The van der Waals surface area contributed by atoms with Gasteiger partial charge in [0.05, 0.1) is 23.7 Å². The molecule has 0 saturated carbocycles. The van der Waals surface area contributed by atoms with Gasteiger partial charge in [0.15, 0.2) is 0 Å². The Hall–Kier alpha value is -1.71. The molecule has 0 aliphatic carbocycles. The third-order valence-electron chi connectivity index (χ3n) is 3.11. The summed E-state index contributed by atoms with van der Waals surface area (Å²) in [5.74, 6) is -0.710. The Balaban J connectivity index is 2.16. The highest BCUT2D eigenvalue weighted by Crippen LogP contribution is 2.27. The van der Waals surface area contributed by atoms with Gasteiger partial charge in [-0.15, -0.1) is 0 Å². The summed E-state index contributed by atoms with van der Waals surface area (Å²) in [5.41, 5.74) is 1.57. The fourth-order valence-electron chi connectivity index (χ4n) is 2.01. The summed E-state index contributed by atoms with van der Waals surface area (Å²) in [6, 6.07) is 14.6. The molecular formula is C16H15Cl2NO2. The molecule has 110 valence electrons. The molecule has 0 bridgehead atoms. The second kappa shape index (κ2) is 7.34. The molecule has 0 heterocycles. The van der Waals surface area contributed by atoms with E-state index in [4.69, 9.17) is 27.9 Å². The summed E-state index contributed by atoms with van der Waals surface area (Å²) < 4.78 is 4.87. The number of methoxy groups -OCH3 is 1. The zero-order valence-electron chi connectivity index (χ0n) is 11.5. The van der Waals surface area contributed by atoms with Crippen LogP contribution in [0.3, 0.4) is 0 Å². The topological polar surface area (TPSA) is 38.3 Å². The van der Waals surface area contributed by atoms with Crippen LogP contribution in [0.2, 0.25) is 10.0 Å². The highest BCUT2D eigenvalue weighted by molar-refractivity contribution is 6.35. The zero-order valence-corrected chi connectivity index (χ0v) is 13.0. The standard InChI is InChI=1S/C16H15Cl2NO2/c1-21-16(20)13(11-5-3-2-4-6-11)10-19-15-9-12(17)7-8-14(15)18/h2-9,13,19H,10H2,1H3. The molecular weight excluding hydrogens is 309 g/mol. The minimum atomic E-state index is -0.411. The molecule has 2 rings (SSSR count). The van der Waals surface area contributed by atoms with Crippen LogP contribution in [-0.4, -0.2) is 19.6 Å². The van der Waals surface area contributed by atoms with Gasteiger partial charge in [0, 0.05) is 11.6 Å². The maximum atomic E-state index is 12.0. The normalized spacial score (nSPS) is 11.8. The predicted molar refractivity (Wildman–Crippen MR) is 86.2 cm³/mol. The summed E-state index contributed by atoms with van der Waals surface area (Å²) in [5, 5.41) is 4.28. The van der Waals surface area contributed by atoms with Crippen molar-refractivity contribution < 1.29 is 9.53 Å². The molecule has 0 spiro atoms. The molecule has 21 heavy (non-hydrogen) atoms. The van der Waals surface area contributed by atoms with Crippen LogP contribution in [0.5, 0.6) is 0 Å². The first-order valence-corrected chi connectivity index (χ1v) is 7.19. The maximum absolute atomic E-state index is 12.0. The number of esters is 1. The molecule has 2 aromatic carbocycles. The number of hydrogen-bond acceptors (Lipinski definition) is 3. The quantitative estimate of drug-likeness (QED) is 0.831. The third-order valence-corrected chi connectivity index (χ3v) is 3.68. The van der Waals surface area contributed by atoms with Gasteiger partial charge < -0.3 is 10.1 Å². The lowest BCUT2D eigenvalue weighted by atomic mass is 9.99. The van der Waals surface area contributed by atoms with E-state index in [1.807, 2.05) is 30.3 Å². The summed E-state index contributed by atoms with van der Waals surface area (Å²) >= 11 is 12.1. The summed E-state index contributed by atoms with van der Waals surface area (Å²) in [6.07, 6.45) is 0. The molecule has 5 heteroatoms. The van der Waals surface area contributed by atoms with E-state index in [-0.39, 0.29) is 5.97 Å². The van der Waals surface area contributed by atoms with Crippen LogP contribution in [0, 0.1) is 0 Å². The Morgan fingerprint density at radius 1 is 1.19 bits per heavy atom. The number of nitrogens with one attached hydrogen (secondary N) is 1. The number of rotatable bonds is 5.